The summed E-state index contributed by atoms with van der Waals surface area (Å²) >= 11 is 1.35. The van der Waals surface area contributed by atoms with Gasteiger partial charge in [-0.2, -0.15) is 0 Å². The van der Waals surface area contributed by atoms with Gasteiger partial charge in [-0.05, 0) is 61.6 Å². The number of hydrogen-bond donors (Lipinski definition) is 1. The third kappa shape index (κ3) is 5.78. The van der Waals surface area contributed by atoms with Crippen molar-refractivity contribution in [1.82, 2.24) is 10.1 Å². The normalized spacial score (nSPS) is 13.6. The highest BCUT2D eigenvalue weighted by Gasteiger charge is 2.36. The molecule has 0 spiro atoms. The fraction of sp³-hybridized carbons (Fsp3) is 0.321. The quantitative estimate of drug-likeness (QED) is 0.223. The van der Waals surface area contributed by atoms with Gasteiger partial charge in [-0.3, -0.25) is 0 Å². The SMILES string of the molecule is Cc1cc(OCc2c(-c3ccccc3OC(F)(F)F)noc2C2CC2)ccc1-c1nc(C(=O)O)c(C(C)C)s1. The van der Waals surface area contributed by atoms with Crippen molar-refractivity contribution in [3.63, 3.8) is 0 Å². The summed E-state index contributed by atoms with van der Waals surface area (Å²) in [6, 6.07) is 11.2. The van der Waals surface area contributed by atoms with Gasteiger partial charge in [-0.25, -0.2) is 9.78 Å². The number of para-hydroxylation sites is 1. The number of thiazole rings is 1. The number of ether oxygens (including phenoxy) is 2. The number of carbonyl (C=O) groups is 1. The van der Waals surface area contributed by atoms with Crippen LogP contribution in [-0.4, -0.2) is 27.6 Å². The number of carboxylic acid groups (broad SMARTS) is 1. The summed E-state index contributed by atoms with van der Waals surface area (Å²) < 4.78 is 55.0. The second-order valence-corrected chi connectivity index (χ2v) is 10.7. The maximum absolute atomic E-state index is 13.0. The van der Waals surface area contributed by atoms with Gasteiger partial charge in [0, 0.05) is 21.9 Å². The Hall–Kier alpha value is -3.86. The first-order valence-electron chi connectivity index (χ1n) is 12.3. The van der Waals surface area contributed by atoms with Crippen LogP contribution in [0.2, 0.25) is 0 Å². The molecule has 5 rings (SSSR count). The molecule has 1 saturated carbocycles. The first-order chi connectivity index (χ1) is 18.5. The predicted molar refractivity (Wildman–Crippen MR) is 138 cm³/mol. The van der Waals surface area contributed by atoms with E-state index in [1.807, 2.05) is 32.9 Å². The van der Waals surface area contributed by atoms with E-state index in [2.05, 4.69) is 14.9 Å². The highest BCUT2D eigenvalue weighted by Crippen LogP contribution is 2.46. The lowest BCUT2D eigenvalue weighted by molar-refractivity contribution is -0.274. The predicted octanol–water partition coefficient (Wildman–Crippen LogP) is 7.95. The number of benzene rings is 2. The number of hydrogen-bond acceptors (Lipinski definition) is 7. The van der Waals surface area contributed by atoms with E-state index < -0.39 is 12.3 Å². The Morgan fingerprint density at radius 3 is 2.54 bits per heavy atom. The number of alkyl halides is 3. The van der Waals surface area contributed by atoms with E-state index in [1.54, 1.807) is 12.1 Å². The van der Waals surface area contributed by atoms with Crippen molar-refractivity contribution in [3.8, 4) is 33.3 Å². The van der Waals surface area contributed by atoms with E-state index in [4.69, 9.17) is 9.26 Å². The third-order valence-corrected chi connectivity index (χ3v) is 7.72. The van der Waals surface area contributed by atoms with E-state index in [0.717, 1.165) is 24.0 Å². The van der Waals surface area contributed by atoms with Crippen LogP contribution in [0.1, 0.15) is 70.8 Å². The number of aromatic nitrogens is 2. The number of nitrogens with zero attached hydrogens (tertiary/aromatic N) is 2. The zero-order valence-corrected chi connectivity index (χ0v) is 22.2. The molecule has 39 heavy (non-hydrogen) atoms. The maximum atomic E-state index is 13.0. The van der Waals surface area contributed by atoms with Crippen LogP contribution in [0.15, 0.2) is 47.0 Å². The van der Waals surface area contributed by atoms with E-state index in [1.165, 1.54) is 29.5 Å². The monoisotopic (exact) mass is 558 g/mol. The van der Waals surface area contributed by atoms with Gasteiger partial charge in [-0.1, -0.05) is 31.1 Å². The van der Waals surface area contributed by atoms with Crippen LogP contribution < -0.4 is 9.47 Å². The molecule has 1 aliphatic carbocycles. The topological polar surface area (TPSA) is 94.7 Å². The number of carboxylic acids is 1. The lowest BCUT2D eigenvalue weighted by Crippen LogP contribution is -2.17. The highest BCUT2D eigenvalue weighted by molar-refractivity contribution is 7.15. The minimum Gasteiger partial charge on any atom is -0.489 e. The number of aromatic carboxylic acids is 1. The lowest BCUT2D eigenvalue weighted by atomic mass is 10.0. The Labute approximate surface area is 226 Å². The van der Waals surface area contributed by atoms with Crippen LogP contribution in [0, 0.1) is 6.92 Å². The fourth-order valence-electron chi connectivity index (χ4n) is 4.33. The Morgan fingerprint density at radius 1 is 1.18 bits per heavy atom. The molecular formula is C28H25F3N2O5S. The van der Waals surface area contributed by atoms with Crippen molar-refractivity contribution in [3.05, 3.63) is 69.9 Å². The van der Waals surface area contributed by atoms with Crippen molar-refractivity contribution >= 4 is 17.3 Å². The van der Waals surface area contributed by atoms with E-state index in [9.17, 15) is 23.1 Å². The number of halogens is 3. The number of rotatable bonds is 9. The molecule has 2 aromatic heterocycles. The summed E-state index contributed by atoms with van der Waals surface area (Å²) in [4.78, 5) is 16.7. The summed E-state index contributed by atoms with van der Waals surface area (Å²) in [5, 5.41) is 14.3. The molecular weight excluding hydrogens is 533 g/mol. The highest BCUT2D eigenvalue weighted by atomic mass is 32.1. The molecule has 11 heteroatoms. The van der Waals surface area contributed by atoms with Crippen LogP contribution in [0.5, 0.6) is 11.5 Å². The first kappa shape index (κ1) is 26.7. The molecule has 204 valence electrons. The molecule has 0 atom stereocenters. The molecule has 2 aromatic carbocycles. The molecule has 2 heterocycles. The van der Waals surface area contributed by atoms with Crippen molar-refractivity contribution in [1.29, 1.82) is 0 Å². The Bertz CT molecular complexity index is 1520. The summed E-state index contributed by atoms with van der Waals surface area (Å²) in [5.41, 5.74) is 2.68. The van der Waals surface area contributed by atoms with Crippen LogP contribution in [0.25, 0.3) is 21.8 Å². The van der Waals surface area contributed by atoms with Gasteiger partial charge in [0.15, 0.2) is 5.69 Å². The molecule has 0 unspecified atom stereocenters. The average Bonchev–Trinajstić information content (AvgIpc) is 3.45. The summed E-state index contributed by atoms with van der Waals surface area (Å²) in [6.45, 7) is 5.76. The lowest BCUT2D eigenvalue weighted by Gasteiger charge is -2.13. The minimum absolute atomic E-state index is 0.0235. The Kier molecular flexibility index (Phi) is 7.11. The van der Waals surface area contributed by atoms with Gasteiger partial charge in [0.05, 0.1) is 5.56 Å². The van der Waals surface area contributed by atoms with Gasteiger partial charge in [0.1, 0.15) is 34.6 Å². The Morgan fingerprint density at radius 2 is 1.92 bits per heavy atom. The van der Waals surface area contributed by atoms with Crippen LogP contribution in [-0.2, 0) is 6.61 Å². The molecule has 4 aromatic rings. The van der Waals surface area contributed by atoms with E-state index >= 15 is 0 Å². The standard InChI is InChI=1S/C28H25F3N2O5S/c1-14(2)25-23(27(34)35)32-26(39-25)18-11-10-17(12-15(18)3)36-13-20-22(33-38-24(20)16-8-9-16)19-6-4-5-7-21(19)37-28(29,30)31/h4-7,10-12,14,16H,8-9,13H2,1-3H3,(H,34,35). The zero-order chi connectivity index (χ0) is 27.9. The van der Waals surface area contributed by atoms with Gasteiger partial charge in [-0.15, -0.1) is 24.5 Å². The second-order valence-electron chi connectivity index (χ2n) is 9.65. The summed E-state index contributed by atoms with van der Waals surface area (Å²) in [7, 11) is 0. The van der Waals surface area contributed by atoms with Crippen molar-refractivity contribution in [2.75, 3.05) is 0 Å². The van der Waals surface area contributed by atoms with Crippen molar-refractivity contribution < 1.29 is 37.1 Å². The summed E-state index contributed by atoms with van der Waals surface area (Å²) in [6.07, 6.45) is -3.05. The van der Waals surface area contributed by atoms with E-state index in [0.29, 0.717) is 27.0 Å². The largest absolute Gasteiger partial charge is 0.573 e. The molecule has 0 saturated heterocycles. The van der Waals surface area contributed by atoms with E-state index in [-0.39, 0.29) is 41.1 Å². The molecule has 0 bridgehead atoms. The van der Waals surface area contributed by atoms with Crippen LogP contribution >= 0.6 is 11.3 Å². The maximum Gasteiger partial charge on any atom is 0.573 e. The molecule has 0 amide bonds. The van der Waals surface area contributed by atoms with Crippen molar-refractivity contribution in [2.45, 2.75) is 58.4 Å². The minimum atomic E-state index is -4.85. The van der Waals surface area contributed by atoms with Gasteiger partial charge < -0.3 is 19.1 Å². The van der Waals surface area contributed by atoms with Crippen LogP contribution in [0.3, 0.4) is 0 Å². The van der Waals surface area contributed by atoms with Crippen molar-refractivity contribution in [2.24, 2.45) is 0 Å². The summed E-state index contributed by atoms with van der Waals surface area (Å²) in [5.74, 6) is -0.123. The smallest absolute Gasteiger partial charge is 0.489 e. The first-order valence-corrected chi connectivity index (χ1v) is 13.1. The number of aryl methyl sites for hydroxylation is 1. The van der Waals surface area contributed by atoms with Gasteiger partial charge in [0.25, 0.3) is 0 Å². The molecule has 1 N–H and O–H groups in total. The van der Waals surface area contributed by atoms with Gasteiger partial charge >= 0.3 is 12.3 Å². The second kappa shape index (κ2) is 10.4. The molecule has 1 aliphatic rings. The molecule has 7 nitrogen and oxygen atoms in total. The van der Waals surface area contributed by atoms with Crippen LogP contribution in [0.4, 0.5) is 13.2 Å². The van der Waals surface area contributed by atoms with Gasteiger partial charge in [0.2, 0.25) is 0 Å². The third-order valence-electron chi connectivity index (χ3n) is 6.33. The molecule has 0 aliphatic heterocycles. The fourth-order valence-corrected chi connectivity index (χ4v) is 5.48. The molecule has 1 fully saturated rings. The average molecular weight is 559 g/mol. The molecule has 0 radical (unpaired) electrons. The Balaban J connectivity index is 1.42. The zero-order valence-electron chi connectivity index (χ0n) is 21.3.